The summed E-state index contributed by atoms with van der Waals surface area (Å²) in [6, 6.07) is 9.68. The van der Waals surface area contributed by atoms with E-state index in [1.165, 1.54) is 18.2 Å². The first-order valence-electron chi connectivity index (χ1n) is 11.1. The average Bonchev–Trinajstić information content (AvgIpc) is 3.06. The summed E-state index contributed by atoms with van der Waals surface area (Å²) in [5.41, 5.74) is 1.95. The monoisotopic (exact) mass is 453 g/mol. The fraction of sp³-hybridized carbons (Fsp3) is 0.400. The second-order valence-electron chi connectivity index (χ2n) is 9.00. The topological polar surface area (TPSA) is 89.7 Å². The normalized spacial score (nSPS) is 26.4. The lowest BCUT2D eigenvalue weighted by atomic mass is 9.59. The molecule has 0 radical (unpaired) electrons. The molecule has 7 heteroatoms. The number of halogens is 1. The van der Waals surface area contributed by atoms with Crippen LogP contribution >= 0.6 is 11.6 Å². The molecule has 2 unspecified atom stereocenters. The number of nitro groups is 1. The molecule has 0 saturated heterocycles. The maximum absolute atomic E-state index is 13.5. The molecule has 0 spiro atoms. The zero-order chi connectivity index (χ0) is 22.6. The summed E-state index contributed by atoms with van der Waals surface area (Å²) in [6.45, 7) is 2.02. The van der Waals surface area contributed by atoms with Crippen LogP contribution in [0.3, 0.4) is 0 Å². The number of hydrogen-bond acceptors (Lipinski definition) is 5. The van der Waals surface area contributed by atoms with E-state index in [1.54, 1.807) is 12.1 Å². The maximum Gasteiger partial charge on any atom is 0.288 e. The molecule has 2 aromatic carbocycles. The van der Waals surface area contributed by atoms with Gasteiger partial charge in [-0.15, -0.1) is 0 Å². The zero-order valence-corrected chi connectivity index (χ0v) is 18.5. The van der Waals surface area contributed by atoms with Crippen LogP contribution in [0.4, 0.5) is 5.69 Å². The van der Waals surface area contributed by atoms with Gasteiger partial charge in [-0.1, -0.05) is 24.6 Å². The molecule has 6 rings (SSSR count). The van der Waals surface area contributed by atoms with Gasteiger partial charge < -0.3 is 9.84 Å². The van der Waals surface area contributed by atoms with Gasteiger partial charge in [0.15, 0.2) is 5.78 Å². The van der Waals surface area contributed by atoms with Gasteiger partial charge >= 0.3 is 0 Å². The number of benzene rings is 2. The van der Waals surface area contributed by atoms with Gasteiger partial charge in [0.2, 0.25) is 0 Å². The summed E-state index contributed by atoms with van der Waals surface area (Å²) in [7, 11) is 0. The van der Waals surface area contributed by atoms with E-state index < -0.39 is 4.92 Å². The molecule has 4 aliphatic carbocycles. The molecule has 6 nitrogen and oxygen atoms in total. The molecular weight excluding hydrogens is 430 g/mol. The predicted octanol–water partition coefficient (Wildman–Crippen LogP) is 6.51. The number of nitro benzene ring substituents is 1. The number of nitrogens with zero attached hydrogens (tertiary/aromatic N) is 1. The Kier molecular flexibility index (Phi) is 5.20. The van der Waals surface area contributed by atoms with Crippen LogP contribution in [-0.2, 0) is 11.2 Å². The summed E-state index contributed by atoms with van der Waals surface area (Å²) in [4.78, 5) is 23.9. The van der Waals surface area contributed by atoms with Gasteiger partial charge in [-0.05, 0) is 73.3 Å². The van der Waals surface area contributed by atoms with Crippen LogP contribution in [-0.4, -0.2) is 15.8 Å². The SMILES string of the molecule is CCc1ccc(Oc2ccc([N+](=O)[O-])c(Cl)c2)cc1C1=C(O)C2C(C1=O)[C@H]1CC[C@@H]2CC1. The highest BCUT2D eigenvalue weighted by atomic mass is 35.5. The number of ketones is 1. The number of allylic oxidation sites excluding steroid dienone is 2. The van der Waals surface area contributed by atoms with Gasteiger partial charge in [-0.25, -0.2) is 0 Å². The molecule has 32 heavy (non-hydrogen) atoms. The number of carbonyl (C=O) groups is 1. The van der Waals surface area contributed by atoms with Crippen molar-refractivity contribution in [2.45, 2.75) is 39.0 Å². The zero-order valence-electron chi connectivity index (χ0n) is 17.7. The third-order valence-corrected chi connectivity index (χ3v) is 7.73. The Morgan fingerprint density at radius 3 is 2.28 bits per heavy atom. The van der Waals surface area contributed by atoms with E-state index in [4.69, 9.17) is 16.3 Å². The summed E-state index contributed by atoms with van der Waals surface area (Å²) in [5, 5.41) is 22.2. The number of hydrogen-bond donors (Lipinski definition) is 1. The van der Waals surface area contributed by atoms with E-state index in [0.29, 0.717) is 40.9 Å². The summed E-state index contributed by atoms with van der Waals surface area (Å²) in [5.74, 6) is 1.76. The van der Waals surface area contributed by atoms with Gasteiger partial charge in [0.1, 0.15) is 22.3 Å². The number of aliphatic hydroxyl groups is 1. The first-order valence-corrected chi connectivity index (χ1v) is 11.5. The van der Waals surface area contributed by atoms with E-state index >= 15 is 0 Å². The second-order valence-corrected chi connectivity index (χ2v) is 9.40. The van der Waals surface area contributed by atoms with Crippen molar-refractivity contribution >= 4 is 28.6 Å². The van der Waals surface area contributed by atoms with Crippen molar-refractivity contribution in [3.63, 3.8) is 0 Å². The van der Waals surface area contributed by atoms with E-state index in [9.17, 15) is 20.0 Å². The minimum absolute atomic E-state index is 0.0104. The Labute approximate surface area is 191 Å². The smallest absolute Gasteiger partial charge is 0.288 e. The van der Waals surface area contributed by atoms with Gasteiger partial charge in [0, 0.05) is 24.0 Å². The quantitative estimate of drug-likeness (QED) is 0.411. The lowest BCUT2D eigenvalue weighted by Crippen LogP contribution is -2.41. The van der Waals surface area contributed by atoms with Crippen molar-refractivity contribution in [1.29, 1.82) is 0 Å². The highest BCUT2D eigenvalue weighted by Gasteiger charge is 2.54. The number of ether oxygens (including phenoxy) is 1. The summed E-state index contributed by atoms with van der Waals surface area (Å²) < 4.78 is 5.91. The number of fused-ring (bicyclic) bond motifs is 2. The fourth-order valence-electron chi connectivity index (χ4n) is 5.95. The Hall–Kier alpha value is -2.86. The first kappa shape index (κ1) is 21.0. The van der Waals surface area contributed by atoms with Crippen LogP contribution in [0.1, 0.15) is 43.7 Å². The second kappa shape index (κ2) is 7.93. The van der Waals surface area contributed by atoms with Crippen LogP contribution in [0.5, 0.6) is 11.5 Å². The highest BCUT2D eigenvalue weighted by molar-refractivity contribution is 6.32. The number of carbonyl (C=O) groups excluding carboxylic acids is 1. The van der Waals surface area contributed by atoms with Crippen molar-refractivity contribution in [1.82, 2.24) is 0 Å². The van der Waals surface area contributed by atoms with Crippen LogP contribution < -0.4 is 4.74 Å². The molecule has 0 heterocycles. The van der Waals surface area contributed by atoms with Crippen molar-refractivity contribution in [3.8, 4) is 11.5 Å². The maximum atomic E-state index is 13.5. The van der Waals surface area contributed by atoms with E-state index in [0.717, 1.165) is 31.2 Å². The molecule has 0 aromatic heterocycles. The van der Waals surface area contributed by atoms with Gasteiger partial charge in [0.05, 0.1) is 10.5 Å². The third-order valence-electron chi connectivity index (χ3n) is 7.42. The number of aliphatic hydroxyl groups excluding tert-OH is 1. The van der Waals surface area contributed by atoms with Crippen LogP contribution in [0.15, 0.2) is 42.2 Å². The molecule has 2 atom stereocenters. The molecule has 4 aliphatic rings. The lowest BCUT2D eigenvalue weighted by molar-refractivity contribution is -0.384. The van der Waals surface area contributed by atoms with Crippen LogP contribution in [0, 0.1) is 33.8 Å². The van der Waals surface area contributed by atoms with Crippen molar-refractivity contribution in [3.05, 3.63) is 68.4 Å². The minimum Gasteiger partial charge on any atom is -0.511 e. The van der Waals surface area contributed by atoms with E-state index in [2.05, 4.69) is 0 Å². The molecule has 0 aliphatic heterocycles. The summed E-state index contributed by atoms with van der Waals surface area (Å²) in [6.07, 6.45) is 5.03. The Morgan fingerprint density at radius 1 is 1.06 bits per heavy atom. The molecular formula is C25H24ClNO5. The third kappa shape index (κ3) is 3.28. The molecule has 166 valence electrons. The highest BCUT2D eigenvalue weighted by Crippen LogP contribution is 2.57. The summed E-state index contributed by atoms with van der Waals surface area (Å²) >= 11 is 6.01. The first-order chi connectivity index (χ1) is 15.4. The predicted molar refractivity (Wildman–Crippen MR) is 121 cm³/mol. The van der Waals surface area contributed by atoms with Gasteiger partial charge in [-0.2, -0.15) is 0 Å². The largest absolute Gasteiger partial charge is 0.511 e. The van der Waals surface area contributed by atoms with Crippen LogP contribution in [0.25, 0.3) is 5.57 Å². The van der Waals surface area contributed by atoms with Crippen molar-refractivity contribution in [2.24, 2.45) is 23.7 Å². The van der Waals surface area contributed by atoms with E-state index in [-0.39, 0.29) is 34.1 Å². The molecule has 3 saturated carbocycles. The van der Waals surface area contributed by atoms with Gasteiger partial charge in [0.25, 0.3) is 5.69 Å². The minimum atomic E-state index is -0.548. The molecule has 0 amide bonds. The fourth-order valence-corrected chi connectivity index (χ4v) is 6.19. The Morgan fingerprint density at radius 2 is 1.69 bits per heavy atom. The lowest BCUT2D eigenvalue weighted by Gasteiger charge is -2.44. The van der Waals surface area contributed by atoms with Crippen molar-refractivity contribution in [2.75, 3.05) is 0 Å². The number of aryl methyl sites for hydroxylation is 1. The van der Waals surface area contributed by atoms with Gasteiger partial charge in [-0.3, -0.25) is 14.9 Å². The molecule has 2 aromatic rings. The molecule has 2 bridgehead atoms. The standard InChI is InChI=1S/C25H24ClNO5/c1-2-13-7-8-16(32-17-9-10-20(27(30)31)19(26)12-17)11-18(13)23-24(28)21-14-3-4-15(6-5-14)22(21)25(23)29/h7-12,14-15,21-22,28H,2-6H2,1H3/t14-,15+,21?,22?. The number of Topliss-reactive ketones (excluding diaryl/α,β-unsaturated/α-hetero) is 1. The number of rotatable bonds is 5. The van der Waals surface area contributed by atoms with E-state index in [1.807, 2.05) is 13.0 Å². The Balaban J connectivity index is 1.51. The molecule has 3 fully saturated rings. The molecule has 1 N–H and O–H groups in total. The Bertz CT molecular complexity index is 1150. The van der Waals surface area contributed by atoms with Crippen LogP contribution in [0.2, 0.25) is 5.02 Å². The van der Waals surface area contributed by atoms with Crippen molar-refractivity contribution < 1.29 is 19.6 Å². The average molecular weight is 454 g/mol.